The highest BCUT2D eigenvalue weighted by Crippen LogP contribution is 2.39. The van der Waals surface area contributed by atoms with Crippen LogP contribution in [0.1, 0.15) is 62.0 Å². The van der Waals surface area contributed by atoms with Gasteiger partial charge >= 0.3 is 0 Å². The SMILES string of the molecule is O=C(NC1CCN(CCC(c2ccccc2)c2ccccc2)CC1)C1CC2C=CCC(C2)C1. The Morgan fingerprint density at radius 3 is 2.21 bits per heavy atom. The van der Waals surface area contributed by atoms with Gasteiger partial charge in [-0.1, -0.05) is 72.8 Å². The highest BCUT2D eigenvalue weighted by atomic mass is 16.1. The third-order valence-electron chi connectivity index (χ3n) is 8.16. The van der Waals surface area contributed by atoms with Gasteiger partial charge < -0.3 is 10.2 Å². The first-order valence-electron chi connectivity index (χ1n) is 13.0. The smallest absolute Gasteiger partial charge is 0.223 e. The molecule has 1 N–H and O–H groups in total. The fraction of sp³-hybridized carbons (Fsp3) is 0.500. The fourth-order valence-corrected chi connectivity index (χ4v) is 6.34. The van der Waals surface area contributed by atoms with Crippen LogP contribution in [0.25, 0.3) is 0 Å². The van der Waals surface area contributed by atoms with Crippen LogP contribution in [0.3, 0.4) is 0 Å². The summed E-state index contributed by atoms with van der Waals surface area (Å²) in [5, 5.41) is 3.43. The number of carbonyl (C=O) groups excluding carboxylic acids is 1. The summed E-state index contributed by atoms with van der Waals surface area (Å²) in [7, 11) is 0. The molecule has 3 atom stereocenters. The normalized spacial score (nSPS) is 25.8. The molecule has 2 bridgehead atoms. The number of amides is 1. The molecule has 33 heavy (non-hydrogen) atoms. The Labute approximate surface area is 199 Å². The second-order valence-electron chi connectivity index (χ2n) is 10.5. The number of benzene rings is 2. The fourth-order valence-electron chi connectivity index (χ4n) is 6.34. The number of hydrogen-bond acceptors (Lipinski definition) is 2. The van der Waals surface area contributed by atoms with Crippen LogP contribution in [0.2, 0.25) is 0 Å². The molecule has 3 aliphatic rings. The molecule has 0 spiro atoms. The summed E-state index contributed by atoms with van der Waals surface area (Å²) in [5.74, 6) is 2.36. The van der Waals surface area contributed by atoms with Gasteiger partial charge in [0.15, 0.2) is 0 Å². The van der Waals surface area contributed by atoms with Gasteiger partial charge in [0.25, 0.3) is 0 Å². The molecule has 2 aromatic rings. The van der Waals surface area contributed by atoms with E-state index in [1.165, 1.54) is 24.0 Å². The Balaban J connectivity index is 1.11. The first-order chi connectivity index (χ1) is 16.2. The van der Waals surface area contributed by atoms with Crippen LogP contribution in [0.15, 0.2) is 72.8 Å². The van der Waals surface area contributed by atoms with E-state index in [1.807, 2.05) is 0 Å². The van der Waals surface area contributed by atoms with E-state index in [4.69, 9.17) is 0 Å². The maximum atomic E-state index is 13.0. The maximum Gasteiger partial charge on any atom is 0.223 e. The maximum absolute atomic E-state index is 13.0. The predicted molar refractivity (Wildman–Crippen MR) is 135 cm³/mol. The molecule has 1 heterocycles. The molecule has 3 nitrogen and oxygen atoms in total. The molecule has 1 aliphatic heterocycles. The molecule has 2 fully saturated rings. The van der Waals surface area contributed by atoms with Crippen molar-refractivity contribution in [1.29, 1.82) is 0 Å². The average molecular weight is 443 g/mol. The Hall–Kier alpha value is -2.39. The minimum Gasteiger partial charge on any atom is -0.353 e. The summed E-state index contributed by atoms with van der Waals surface area (Å²) in [5.41, 5.74) is 2.80. The van der Waals surface area contributed by atoms with Crippen molar-refractivity contribution in [3.8, 4) is 0 Å². The molecular weight excluding hydrogens is 404 g/mol. The standard InChI is InChI=1S/C30H38N2O/c33-30(27-21-23-8-7-9-24(20-23)22-27)31-28-14-17-32(18-15-28)19-16-29(25-10-3-1-4-11-25)26-12-5-2-6-13-26/h1-8,10-13,23-24,27-29H,9,14-22H2,(H,31,33). The van der Waals surface area contributed by atoms with Gasteiger partial charge in [0, 0.05) is 31.0 Å². The van der Waals surface area contributed by atoms with Crippen LogP contribution >= 0.6 is 0 Å². The number of nitrogens with zero attached hydrogens (tertiary/aromatic N) is 1. The van der Waals surface area contributed by atoms with Crippen molar-refractivity contribution in [2.45, 2.75) is 56.9 Å². The topological polar surface area (TPSA) is 32.3 Å². The minimum absolute atomic E-state index is 0.231. The van der Waals surface area contributed by atoms with E-state index in [-0.39, 0.29) is 5.92 Å². The van der Waals surface area contributed by atoms with Gasteiger partial charge in [-0.25, -0.2) is 0 Å². The molecule has 1 amide bonds. The van der Waals surface area contributed by atoms with Crippen LogP contribution in [0, 0.1) is 17.8 Å². The van der Waals surface area contributed by atoms with Crippen molar-refractivity contribution < 1.29 is 4.79 Å². The average Bonchev–Trinajstić information content (AvgIpc) is 2.86. The lowest BCUT2D eigenvalue weighted by Crippen LogP contribution is -2.47. The van der Waals surface area contributed by atoms with Crippen molar-refractivity contribution in [2.75, 3.05) is 19.6 Å². The summed E-state index contributed by atoms with van der Waals surface area (Å²) < 4.78 is 0. The molecular formula is C30H38N2O. The summed E-state index contributed by atoms with van der Waals surface area (Å²) in [6.45, 7) is 3.27. The van der Waals surface area contributed by atoms with Crippen LogP contribution in [0.5, 0.6) is 0 Å². The van der Waals surface area contributed by atoms with Gasteiger partial charge in [-0.3, -0.25) is 4.79 Å². The number of hydrogen-bond donors (Lipinski definition) is 1. The Kier molecular flexibility index (Phi) is 7.26. The van der Waals surface area contributed by atoms with Crippen molar-refractivity contribution in [2.24, 2.45) is 17.8 Å². The first-order valence-corrected chi connectivity index (χ1v) is 13.0. The third-order valence-corrected chi connectivity index (χ3v) is 8.16. The molecule has 3 heteroatoms. The number of allylic oxidation sites excluding steroid dienone is 2. The van der Waals surface area contributed by atoms with Crippen molar-refractivity contribution in [1.82, 2.24) is 10.2 Å². The molecule has 2 aromatic carbocycles. The molecule has 2 aliphatic carbocycles. The predicted octanol–water partition coefficient (Wildman–Crippen LogP) is 5.78. The zero-order valence-electron chi connectivity index (χ0n) is 19.7. The summed E-state index contributed by atoms with van der Waals surface area (Å²) in [6, 6.07) is 22.2. The van der Waals surface area contributed by atoms with Crippen LogP contribution in [-0.2, 0) is 4.79 Å². The summed E-state index contributed by atoms with van der Waals surface area (Å²) in [6.07, 6.45) is 12.6. The molecule has 0 radical (unpaired) electrons. The largest absolute Gasteiger partial charge is 0.353 e. The van der Waals surface area contributed by atoms with Gasteiger partial charge in [-0.2, -0.15) is 0 Å². The zero-order chi connectivity index (χ0) is 22.5. The lowest BCUT2D eigenvalue weighted by atomic mass is 9.71. The molecule has 5 rings (SSSR count). The first kappa shape index (κ1) is 22.4. The Bertz CT molecular complexity index is 877. The van der Waals surface area contributed by atoms with Crippen molar-refractivity contribution in [3.63, 3.8) is 0 Å². The Morgan fingerprint density at radius 2 is 1.58 bits per heavy atom. The van der Waals surface area contributed by atoms with Crippen molar-refractivity contribution >= 4 is 5.91 Å². The van der Waals surface area contributed by atoms with E-state index < -0.39 is 0 Å². The summed E-state index contributed by atoms with van der Waals surface area (Å²) in [4.78, 5) is 15.6. The lowest BCUT2D eigenvalue weighted by Gasteiger charge is -2.37. The number of fused-ring (bicyclic) bond motifs is 2. The van der Waals surface area contributed by atoms with Gasteiger partial charge in [0.1, 0.15) is 0 Å². The molecule has 3 unspecified atom stereocenters. The summed E-state index contributed by atoms with van der Waals surface area (Å²) >= 11 is 0. The number of nitrogens with one attached hydrogen (secondary N) is 1. The Morgan fingerprint density at radius 1 is 0.909 bits per heavy atom. The zero-order valence-corrected chi connectivity index (χ0v) is 19.7. The number of piperidine rings is 1. The van der Waals surface area contributed by atoms with E-state index in [2.05, 4.69) is 83.0 Å². The second-order valence-corrected chi connectivity index (χ2v) is 10.5. The number of likely N-dealkylation sites (tertiary alicyclic amines) is 1. The van der Waals surface area contributed by atoms with Gasteiger partial charge in [-0.15, -0.1) is 0 Å². The van der Waals surface area contributed by atoms with E-state index in [9.17, 15) is 4.79 Å². The quantitative estimate of drug-likeness (QED) is 0.551. The van der Waals surface area contributed by atoms with E-state index in [0.29, 0.717) is 23.8 Å². The number of rotatable bonds is 7. The monoisotopic (exact) mass is 442 g/mol. The highest BCUT2D eigenvalue weighted by molar-refractivity contribution is 5.79. The number of carbonyl (C=O) groups is 1. The van der Waals surface area contributed by atoms with E-state index in [1.54, 1.807) is 0 Å². The van der Waals surface area contributed by atoms with Crippen molar-refractivity contribution in [3.05, 3.63) is 83.9 Å². The van der Waals surface area contributed by atoms with E-state index in [0.717, 1.165) is 57.7 Å². The van der Waals surface area contributed by atoms with Gasteiger partial charge in [0.2, 0.25) is 5.91 Å². The van der Waals surface area contributed by atoms with Crippen LogP contribution in [-0.4, -0.2) is 36.5 Å². The van der Waals surface area contributed by atoms with E-state index >= 15 is 0 Å². The van der Waals surface area contributed by atoms with Gasteiger partial charge in [0.05, 0.1) is 0 Å². The third kappa shape index (κ3) is 5.76. The van der Waals surface area contributed by atoms with Crippen LogP contribution < -0.4 is 5.32 Å². The minimum atomic E-state index is 0.231. The molecule has 0 aromatic heterocycles. The van der Waals surface area contributed by atoms with Crippen LogP contribution in [0.4, 0.5) is 0 Å². The highest BCUT2D eigenvalue weighted by Gasteiger charge is 2.34. The molecule has 174 valence electrons. The molecule has 1 saturated carbocycles. The second kappa shape index (κ2) is 10.7. The molecule has 1 saturated heterocycles. The lowest BCUT2D eigenvalue weighted by molar-refractivity contribution is -0.128. The van der Waals surface area contributed by atoms with Gasteiger partial charge in [-0.05, 0) is 74.5 Å².